The largest absolute Gasteiger partial charge is 0.490 e. The standard InChI is InChI=1S/C11H11F3O3/c1-8(15)16-5-6-17-10-4-2-3-9(7-10)11(12,13)14/h2-4,7H,5-6H2,1H3. The number of hydrogen-bond acceptors (Lipinski definition) is 3. The molecule has 0 amide bonds. The molecule has 0 aliphatic heterocycles. The molecule has 0 bridgehead atoms. The number of rotatable bonds is 4. The average molecular weight is 248 g/mol. The molecule has 3 nitrogen and oxygen atoms in total. The molecule has 0 fully saturated rings. The highest BCUT2D eigenvalue weighted by atomic mass is 19.4. The minimum Gasteiger partial charge on any atom is -0.490 e. The SMILES string of the molecule is CC(=O)OCCOc1cccc(C(F)(F)F)c1. The summed E-state index contributed by atoms with van der Waals surface area (Å²) in [6, 6.07) is 4.51. The van der Waals surface area contributed by atoms with Gasteiger partial charge in [0.2, 0.25) is 0 Å². The van der Waals surface area contributed by atoms with E-state index < -0.39 is 17.7 Å². The molecule has 17 heavy (non-hydrogen) atoms. The molecule has 0 radical (unpaired) electrons. The zero-order chi connectivity index (χ0) is 12.9. The van der Waals surface area contributed by atoms with E-state index >= 15 is 0 Å². The van der Waals surface area contributed by atoms with Crippen molar-refractivity contribution >= 4 is 5.97 Å². The van der Waals surface area contributed by atoms with Crippen LogP contribution in [0.1, 0.15) is 12.5 Å². The number of halogens is 3. The zero-order valence-corrected chi connectivity index (χ0v) is 9.08. The maximum Gasteiger partial charge on any atom is 0.416 e. The van der Waals surface area contributed by atoms with Crippen molar-refractivity contribution in [2.45, 2.75) is 13.1 Å². The molecule has 0 aromatic heterocycles. The van der Waals surface area contributed by atoms with E-state index in [1.807, 2.05) is 0 Å². The Bertz CT molecular complexity index is 388. The summed E-state index contributed by atoms with van der Waals surface area (Å²) in [5.74, 6) is -0.371. The third-order valence-corrected chi connectivity index (χ3v) is 1.82. The number of alkyl halides is 3. The summed E-state index contributed by atoms with van der Waals surface area (Å²) in [4.78, 5) is 10.4. The molecule has 1 rings (SSSR count). The Hall–Kier alpha value is -1.72. The first-order valence-corrected chi connectivity index (χ1v) is 4.83. The first-order valence-electron chi connectivity index (χ1n) is 4.83. The first-order chi connectivity index (χ1) is 7.89. The van der Waals surface area contributed by atoms with Crippen LogP contribution in [0.5, 0.6) is 5.75 Å². The van der Waals surface area contributed by atoms with Crippen molar-refractivity contribution in [2.75, 3.05) is 13.2 Å². The minimum absolute atomic E-state index is 0.00553. The summed E-state index contributed by atoms with van der Waals surface area (Å²) < 4.78 is 46.6. The third-order valence-electron chi connectivity index (χ3n) is 1.82. The van der Waals surface area contributed by atoms with Crippen LogP contribution in [0, 0.1) is 0 Å². The van der Waals surface area contributed by atoms with Gasteiger partial charge in [-0.1, -0.05) is 6.07 Å². The summed E-state index contributed by atoms with van der Waals surface area (Å²) in [6.07, 6.45) is -4.39. The number of carbonyl (C=O) groups excluding carboxylic acids is 1. The zero-order valence-electron chi connectivity index (χ0n) is 9.08. The first kappa shape index (κ1) is 13.3. The van der Waals surface area contributed by atoms with Crippen molar-refractivity contribution in [2.24, 2.45) is 0 Å². The van der Waals surface area contributed by atoms with Crippen LogP contribution in [0.15, 0.2) is 24.3 Å². The van der Waals surface area contributed by atoms with Crippen molar-refractivity contribution in [1.82, 2.24) is 0 Å². The highest BCUT2D eigenvalue weighted by Gasteiger charge is 2.30. The van der Waals surface area contributed by atoms with E-state index in [-0.39, 0.29) is 19.0 Å². The third kappa shape index (κ3) is 4.76. The maximum atomic E-state index is 12.3. The monoisotopic (exact) mass is 248 g/mol. The molecular weight excluding hydrogens is 237 g/mol. The van der Waals surface area contributed by atoms with Crippen LogP contribution in [0.3, 0.4) is 0 Å². The predicted octanol–water partition coefficient (Wildman–Crippen LogP) is 2.65. The Balaban J connectivity index is 2.52. The Labute approximate surface area is 96.1 Å². The molecule has 0 unspecified atom stereocenters. The molecule has 0 saturated carbocycles. The molecule has 0 saturated heterocycles. The van der Waals surface area contributed by atoms with Gasteiger partial charge in [0, 0.05) is 6.92 Å². The van der Waals surface area contributed by atoms with Crippen molar-refractivity contribution in [3.8, 4) is 5.75 Å². The molecule has 0 heterocycles. The molecule has 0 atom stereocenters. The lowest BCUT2D eigenvalue weighted by atomic mass is 10.2. The van der Waals surface area contributed by atoms with Crippen LogP contribution in [-0.2, 0) is 15.7 Å². The molecule has 1 aromatic carbocycles. The maximum absolute atomic E-state index is 12.3. The summed E-state index contributed by atoms with van der Waals surface area (Å²) >= 11 is 0. The van der Waals surface area contributed by atoms with Gasteiger partial charge in [0.15, 0.2) is 0 Å². The number of carbonyl (C=O) groups is 1. The van der Waals surface area contributed by atoms with Gasteiger partial charge in [0.05, 0.1) is 5.56 Å². The van der Waals surface area contributed by atoms with Crippen molar-refractivity contribution < 1.29 is 27.4 Å². The molecule has 0 N–H and O–H groups in total. The van der Waals surface area contributed by atoms with Crippen LogP contribution >= 0.6 is 0 Å². The lowest BCUT2D eigenvalue weighted by molar-refractivity contribution is -0.141. The number of hydrogen-bond donors (Lipinski definition) is 0. The van der Waals surface area contributed by atoms with Crippen molar-refractivity contribution in [3.05, 3.63) is 29.8 Å². The van der Waals surface area contributed by atoms with E-state index in [1.165, 1.54) is 19.1 Å². The fraction of sp³-hybridized carbons (Fsp3) is 0.364. The molecule has 0 aliphatic rings. The van der Waals surface area contributed by atoms with E-state index in [0.29, 0.717) is 0 Å². The van der Waals surface area contributed by atoms with Crippen molar-refractivity contribution in [3.63, 3.8) is 0 Å². The quantitative estimate of drug-likeness (QED) is 0.607. The van der Waals surface area contributed by atoms with Gasteiger partial charge in [-0.15, -0.1) is 0 Å². The number of ether oxygens (including phenoxy) is 2. The highest BCUT2D eigenvalue weighted by molar-refractivity contribution is 5.65. The van der Waals surface area contributed by atoms with E-state index in [2.05, 4.69) is 4.74 Å². The molecule has 0 spiro atoms. The minimum atomic E-state index is -4.39. The van der Waals surface area contributed by atoms with Gasteiger partial charge in [-0.05, 0) is 18.2 Å². The summed E-state index contributed by atoms with van der Waals surface area (Å²) in [5, 5.41) is 0. The average Bonchev–Trinajstić information content (AvgIpc) is 2.23. The van der Waals surface area contributed by atoms with Gasteiger partial charge in [-0.3, -0.25) is 4.79 Å². The summed E-state index contributed by atoms with van der Waals surface area (Å²) in [6.45, 7) is 1.26. The second-order valence-corrected chi connectivity index (χ2v) is 3.21. The summed E-state index contributed by atoms with van der Waals surface area (Å²) in [7, 11) is 0. The Morgan fingerprint density at radius 1 is 1.29 bits per heavy atom. The fourth-order valence-corrected chi connectivity index (χ4v) is 1.11. The van der Waals surface area contributed by atoms with Gasteiger partial charge in [-0.25, -0.2) is 0 Å². The lowest BCUT2D eigenvalue weighted by Crippen LogP contribution is -2.10. The van der Waals surface area contributed by atoms with Crippen LogP contribution in [0.4, 0.5) is 13.2 Å². The predicted molar refractivity (Wildman–Crippen MR) is 53.6 cm³/mol. The van der Waals surface area contributed by atoms with Gasteiger partial charge in [-0.2, -0.15) is 13.2 Å². The Kier molecular flexibility index (Phi) is 4.37. The van der Waals surface area contributed by atoms with E-state index in [9.17, 15) is 18.0 Å². The molecule has 1 aromatic rings. The van der Waals surface area contributed by atoms with E-state index in [1.54, 1.807) is 0 Å². The van der Waals surface area contributed by atoms with Gasteiger partial charge in [0.25, 0.3) is 0 Å². The second kappa shape index (κ2) is 5.56. The Morgan fingerprint density at radius 2 is 2.00 bits per heavy atom. The molecule has 6 heteroatoms. The van der Waals surface area contributed by atoms with Gasteiger partial charge >= 0.3 is 12.1 Å². The Morgan fingerprint density at radius 3 is 2.59 bits per heavy atom. The fourth-order valence-electron chi connectivity index (χ4n) is 1.11. The topological polar surface area (TPSA) is 35.5 Å². The van der Waals surface area contributed by atoms with Crippen LogP contribution < -0.4 is 4.74 Å². The van der Waals surface area contributed by atoms with E-state index in [4.69, 9.17) is 4.74 Å². The highest BCUT2D eigenvalue weighted by Crippen LogP contribution is 2.31. The van der Waals surface area contributed by atoms with Crippen LogP contribution in [-0.4, -0.2) is 19.2 Å². The lowest BCUT2D eigenvalue weighted by Gasteiger charge is -2.10. The molecular formula is C11H11F3O3. The second-order valence-electron chi connectivity index (χ2n) is 3.21. The number of esters is 1. The van der Waals surface area contributed by atoms with Gasteiger partial charge in [0.1, 0.15) is 19.0 Å². The van der Waals surface area contributed by atoms with Crippen LogP contribution in [0.2, 0.25) is 0 Å². The number of benzene rings is 1. The van der Waals surface area contributed by atoms with E-state index in [0.717, 1.165) is 12.1 Å². The van der Waals surface area contributed by atoms with Crippen LogP contribution in [0.25, 0.3) is 0 Å². The normalized spacial score (nSPS) is 11.1. The molecule has 94 valence electrons. The van der Waals surface area contributed by atoms with Gasteiger partial charge < -0.3 is 9.47 Å². The van der Waals surface area contributed by atoms with Crippen molar-refractivity contribution in [1.29, 1.82) is 0 Å². The smallest absolute Gasteiger partial charge is 0.416 e. The molecule has 0 aliphatic carbocycles. The summed E-state index contributed by atoms with van der Waals surface area (Å²) in [5.41, 5.74) is -0.775.